The van der Waals surface area contributed by atoms with Crippen molar-refractivity contribution in [2.75, 3.05) is 0 Å². The van der Waals surface area contributed by atoms with Crippen LogP contribution in [0.4, 0.5) is 8.78 Å². The predicted octanol–water partition coefficient (Wildman–Crippen LogP) is 4.24. The molecule has 1 aromatic carbocycles. The Bertz CT molecular complexity index is 381. The quantitative estimate of drug-likeness (QED) is 0.574. The first kappa shape index (κ1) is 13.1. The smallest absolute Gasteiger partial charge is 0.165 e. The minimum Gasteiger partial charge on any atom is -0.294 e. The molecule has 88 valence electrons. The molecule has 0 amide bonds. The molecule has 1 rings (SSSR count). The highest BCUT2D eigenvalue weighted by atomic mass is 35.5. The topological polar surface area (TPSA) is 17.1 Å². The summed E-state index contributed by atoms with van der Waals surface area (Å²) in [7, 11) is 0. The summed E-state index contributed by atoms with van der Waals surface area (Å²) in [5.74, 6) is -2.27. The summed E-state index contributed by atoms with van der Waals surface area (Å²) in [6, 6.07) is 1.97. The average Bonchev–Trinajstić information content (AvgIpc) is 2.24. The van der Waals surface area contributed by atoms with Crippen LogP contribution in [0.5, 0.6) is 0 Å². The molecule has 16 heavy (non-hydrogen) atoms. The Kier molecular flexibility index (Phi) is 4.42. The average molecular weight is 247 g/mol. The van der Waals surface area contributed by atoms with Gasteiger partial charge in [-0.25, -0.2) is 8.78 Å². The van der Waals surface area contributed by atoms with Gasteiger partial charge in [0.15, 0.2) is 5.78 Å². The molecule has 1 unspecified atom stereocenters. The van der Waals surface area contributed by atoms with E-state index in [1.165, 1.54) is 0 Å². The van der Waals surface area contributed by atoms with Gasteiger partial charge in [0, 0.05) is 11.5 Å². The van der Waals surface area contributed by atoms with E-state index in [9.17, 15) is 13.6 Å². The molecule has 0 aliphatic heterocycles. The lowest BCUT2D eigenvalue weighted by atomic mass is 9.95. The molecule has 0 bridgehead atoms. The van der Waals surface area contributed by atoms with E-state index in [1.54, 1.807) is 6.92 Å². The van der Waals surface area contributed by atoms with Crippen LogP contribution in [-0.4, -0.2) is 5.78 Å². The van der Waals surface area contributed by atoms with Gasteiger partial charge in [-0.05, 0) is 18.6 Å². The molecule has 0 saturated carbocycles. The molecule has 0 radical (unpaired) electrons. The summed E-state index contributed by atoms with van der Waals surface area (Å²) < 4.78 is 26.3. The highest BCUT2D eigenvalue weighted by Crippen LogP contribution is 2.23. The lowest BCUT2D eigenvalue weighted by Crippen LogP contribution is -2.11. The van der Waals surface area contributed by atoms with Crippen LogP contribution >= 0.6 is 11.6 Å². The van der Waals surface area contributed by atoms with Gasteiger partial charge in [0.1, 0.15) is 16.7 Å². The summed E-state index contributed by atoms with van der Waals surface area (Å²) in [6.07, 6.45) is 1.55. The van der Waals surface area contributed by atoms with Gasteiger partial charge in [-0.3, -0.25) is 4.79 Å². The second kappa shape index (κ2) is 5.39. The number of halogens is 3. The highest BCUT2D eigenvalue weighted by molar-refractivity contribution is 6.31. The Morgan fingerprint density at radius 1 is 1.38 bits per heavy atom. The van der Waals surface area contributed by atoms with E-state index in [-0.39, 0.29) is 17.3 Å². The fourth-order valence-electron chi connectivity index (χ4n) is 1.55. The summed E-state index contributed by atoms with van der Waals surface area (Å²) >= 11 is 5.33. The van der Waals surface area contributed by atoms with Crippen LogP contribution in [-0.2, 0) is 0 Å². The first-order valence-corrected chi connectivity index (χ1v) is 5.54. The van der Waals surface area contributed by atoms with Crippen LogP contribution in [0.3, 0.4) is 0 Å². The van der Waals surface area contributed by atoms with E-state index < -0.39 is 16.7 Å². The van der Waals surface area contributed by atoms with Crippen molar-refractivity contribution in [3.63, 3.8) is 0 Å². The molecule has 0 heterocycles. The van der Waals surface area contributed by atoms with Crippen molar-refractivity contribution in [1.29, 1.82) is 0 Å². The van der Waals surface area contributed by atoms with E-state index in [2.05, 4.69) is 0 Å². The first-order valence-electron chi connectivity index (χ1n) is 5.16. The number of benzene rings is 1. The van der Waals surface area contributed by atoms with E-state index in [0.29, 0.717) is 6.42 Å². The summed E-state index contributed by atoms with van der Waals surface area (Å²) in [6.45, 7) is 3.70. The summed E-state index contributed by atoms with van der Waals surface area (Å²) in [5, 5.41) is -0.570. The van der Waals surface area contributed by atoms with Gasteiger partial charge in [-0.15, -0.1) is 0 Å². The van der Waals surface area contributed by atoms with E-state index in [4.69, 9.17) is 11.6 Å². The van der Waals surface area contributed by atoms with Crippen molar-refractivity contribution in [3.8, 4) is 0 Å². The van der Waals surface area contributed by atoms with E-state index in [1.807, 2.05) is 6.92 Å². The molecule has 0 aromatic heterocycles. The van der Waals surface area contributed by atoms with Crippen LogP contribution in [0, 0.1) is 17.6 Å². The Morgan fingerprint density at radius 3 is 2.31 bits per heavy atom. The molecule has 0 fully saturated rings. The third-order valence-electron chi connectivity index (χ3n) is 2.44. The standard InChI is InChI=1S/C12H13ClF2O/c1-3-4-7(2)12(16)8-5-9(14)11(13)10(15)6-8/h5-7H,3-4H2,1-2H3. The van der Waals surface area contributed by atoms with Crippen molar-refractivity contribution in [2.24, 2.45) is 5.92 Å². The minimum atomic E-state index is -0.895. The van der Waals surface area contributed by atoms with Crippen LogP contribution in [0.25, 0.3) is 0 Å². The van der Waals surface area contributed by atoms with Gasteiger partial charge >= 0.3 is 0 Å². The van der Waals surface area contributed by atoms with Crippen molar-refractivity contribution in [3.05, 3.63) is 34.4 Å². The Morgan fingerprint density at radius 2 is 1.88 bits per heavy atom. The van der Waals surface area contributed by atoms with Crippen molar-refractivity contribution >= 4 is 17.4 Å². The molecule has 0 aliphatic rings. The molecule has 0 saturated heterocycles. The molecule has 1 atom stereocenters. The number of carbonyl (C=O) groups is 1. The lowest BCUT2D eigenvalue weighted by molar-refractivity contribution is 0.0922. The number of hydrogen-bond acceptors (Lipinski definition) is 1. The Labute approximate surface area is 98.4 Å². The number of carbonyl (C=O) groups excluding carboxylic acids is 1. The van der Waals surface area contributed by atoms with Gasteiger partial charge in [0.25, 0.3) is 0 Å². The zero-order chi connectivity index (χ0) is 12.3. The second-order valence-electron chi connectivity index (χ2n) is 3.81. The van der Waals surface area contributed by atoms with Crippen LogP contribution in [0.1, 0.15) is 37.0 Å². The van der Waals surface area contributed by atoms with Crippen molar-refractivity contribution in [1.82, 2.24) is 0 Å². The maximum Gasteiger partial charge on any atom is 0.165 e. The summed E-state index contributed by atoms with van der Waals surface area (Å²) in [5.41, 5.74) is 0.0420. The van der Waals surface area contributed by atoms with Crippen LogP contribution < -0.4 is 0 Å². The SMILES string of the molecule is CCCC(C)C(=O)c1cc(F)c(Cl)c(F)c1. The first-order chi connectivity index (χ1) is 7.47. The normalized spacial score (nSPS) is 12.6. The molecule has 1 nitrogen and oxygen atoms in total. The van der Waals surface area contributed by atoms with E-state index in [0.717, 1.165) is 18.6 Å². The van der Waals surface area contributed by atoms with Crippen molar-refractivity contribution in [2.45, 2.75) is 26.7 Å². The number of Topliss-reactive ketones (excluding diaryl/α,β-unsaturated/α-hetero) is 1. The highest BCUT2D eigenvalue weighted by Gasteiger charge is 2.18. The largest absolute Gasteiger partial charge is 0.294 e. The van der Waals surface area contributed by atoms with Crippen LogP contribution in [0.2, 0.25) is 5.02 Å². The Balaban J connectivity index is 3.01. The van der Waals surface area contributed by atoms with Gasteiger partial charge in [-0.1, -0.05) is 31.9 Å². The van der Waals surface area contributed by atoms with Gasteiger partial charge in [-0.2, -0.15) is 0 Å². The fraction of sp³-hybridized carbons (Fsp3) is 0.417. The van der Waals surface area contributed by atoms with Gasteiger partial charge in [0.05, 0.1) is 0 Å². The van der Waals surface area contributed by atoms with Gasteiger partial charge in [0.2, 0.25) is 0 Å². The maximum atomic E-state index is 13.1. The molecular formula is C12H13ClF2O. The summed E-state index contributed by atoms with van der Waals surface area (Å²) in [4.78, 5) is 11.8. The minimum absolute atomic E-state index is 0.0420. The van der Waals surface area contributed by atoms with Crippen molar-refractivity contribution < 1.29 is 13.6 Å². The number of rotatable bonds is 4. The maximum absolute atomic E-state index is 13.1. The van der Waals surface area contributed by atoms with Crippen LogP contribution in [0.15, 0.2) is 12.1 Å². The number of ketones is 1. The number of hydrogen-bond donors (Lipinski definition) is 0. The third kappa shape index (κ3) is 2.79. The zero-order valence-electron chi connectivity index (χ0n) is 9.19. The molecule has 4 heteroatoms. The molecule has 0 aliphatic carbocycles. The lowest BCUT2D eigenvalue weighted by Gasteiger charge is -2.09. The third-order valence-corrected chi connectivity index (χ3v) is 2.80. The molecule has 0 spiro atoms. The Hall–Kier alpha value is -0.960. The fourth-order valence-corrected chi connectivity index (χ4v) is 1.66. The molecular weight excluding hydrogens is 234 g/mol. The molecule has 0 N–H and O–H groups in total. The molecule has 1 aromatic rings. The second-order valence-corrected chi connectivity index (χ2v) is 4.19. The monoisotopic (exact) mass is 246 g/mol. The zero-order valence-corrected chi connectivity index (χ0v) is 9.94. The predicted molar refractivity (Wildman–Crippen MR) is 59.8 cm³/mol. The van der Waals surface area contributed by atoms with E-state index >= 15 is 0 Å². The van der Waals surface area contributed by atoms with Gasteiger partial charge < -0.3 is 0 Å².